The van der Waals surface area contributed by atoms with Crippen LogP contribution in [0.3, 0.4) is 0 Å². The molecule has 0 spiro atoms. The van der Waals surface area contributed by atoms with Crippen LogP contribution in [-0.4, -0.2) is 17.0 Å². The van der Waals surface area contributed by atoms with Crippen molar-refractivity contribution >= 4 is 15.9 Å². The first-order valence-electron chi connectivity index (χ1n) is 6.98. The fourth-order valence-corrected chi connectivity index (χ4v) is 4.03. The first-order chi connectivity index (χ1) is 7.69. The van der Waals surface area contributed by atoms with Gasteiger partial charge < -0.3 is 4.74 Å². The van der Waals surface area contributed by atoms with E-state index in [1.54, 1.807) is 0 Å². The molecule has 1 heterocycles. The summed E-state index contributed by atoms with van der Waals surface area (Å²) < 4.78 is 5.96. The maximum atomic E-state index is 5.96. The number of hydrogen-bond donors (Lipinski definition) is 0. The van der Waals surface area contributed by atoms with Gasteiger partial charge in [0.25, 0.3) is 0 Å². The van der Waals surface area contributed by atoms with Gasteiger partial charge >= 0.3 is 0 Å². The number of halogens is 1. The van der Waals surface area contributed by atoms with Crippen LogP contribution in [0, 0.1) is 11.8 Å². The SMILES string of the molecule is CCC1CCC(Br)C(CC2CCC(C)O2)C1. The summed E-state index contributed by atoms with van der Waals surface area (Å²) in [6, 6.07) is 0. The van der Waals surface area contributed by atoms with E-state index in [9.17, 15) is 0 Å². The van der Waals surface area contributed by atoms with Gasteiger partial charge in [0.1, 0.15) is 0 Å². The summed E-state index contributed by atoms with van der Waals surface area (Å²) in [5.41, 5.74) is 0. The summed E-state index contributed by atoms with van der Waals surface area (Å²) in [4.78, 5) is 0.745. The molecule has 0 aromatic carbocycles. The van der Waals surface area contributed by atoms with Gasteiger partial charge in [-0.2, -0.15) is 0 Å². The molecule has 16 heavy (non-hydrogen) atoms. The first kappa shape index (κ1) is 12.9. The lowest BCUT2D eigenvalue weighted by Crippen LogP contribution is -2.28. The van der Waals surface area contributed by atoms with Crippen molar-refractivity contribution in [2.45, 2.75) is 75.8 Å². The van der Waals surface area contributed by atoms with Gasteiger partial charge in [-0.15, -0.1) is 0 Å². The number of alkyl halides is 1. The van der Waals surface area contributed by atoms with Crippen LogP contribution in [0.1, 0.15) is 58.8 Å². The summed E-state index contributed by atoms with van der Waals surface area (Å²) in [5.74, 6) is 1.83. The Kier molecular flexibility index (Phi) is 4.72. The van der Waals surface area contributed by atoms with Crippen molar-refractivity contribution in [3.8, 4) is 0 Å². The molecule has 1 aliphatic heterocycles. The molecule has 1 nitrogen and oxygen atoms in total. The molecule has 0 aromatic heterocycles. The van der Waals surface area contributed by atoms with E-state index >= 15 is 0 Å². The minimum Gasteiger partial charge on any atom is -0.375 e. The fourth-order valence-electron chi connectivity index (χ4n) is 3.34. The molecule has 2 heteroatoms. The van der Waals surface area contributed by atoms with E-state index in [0.717, 1.165) is 16.7 Å². The number of ether oxygens (including phenoxy) is 1. The second kappa shape index (κ2) is 5.86. The lowest BCUT2D eigenvalue weighted by atomic mass is 9.77. The average Bonchev–Trinajstić information content (AvgIpc) is 2.67. The molecule has 2 fully saturated rings. The van der Waals surface area contributed by atoms with Crippen molar-refractivity contribution in [2.75, 3.05) is 0 Å². The molecule has 2 aliphatic rings. The van der Waals surface area contributed by atoms with Gasteiger partial charge in [-0.05, 0) is 57.3 Å². The predicted molar refractivity (Wildman–Crippen MR) is 72.0 cm³/mol. The van der Waals surface area contributed by atoms with Gasteiger partial charge in [0.15, 0.2) is 0 Å². The summed E-state index contributed by atoms with van der Waals surface area (Å²) in [5, 5.41) is 0. The van der Waals surface area contributed by atoms with Crippen LogP contribution >= 0.6 is 15.9 Å². The van der Waals surface area contributed by atoms with Gasteiger partial charge in [-0.25, -0.2) is 0 Å². The monoisotopic (exact) mass is 288 g/mol. The molecule has 94 valence electrons. The zero-order valence-corrected chi connectivity index (χ0v) is 12.2. The van der Waals surface area contributed by atoms with Crippen molar-refractivity contribution in [2.24, 2.45) is 11.8 Å². The summed E-state index contributed by atoms with van der Waals surface area (Å²) in [6.45, 7) is 4.55. The molecule has 1 saturated heterocycles. The van der Waals surface area contributed by atoms with E-state index in [0.29, 0.717) is 12.2 Å². The molecule has 1 saturated carbocycles. The van der Waals surface area contributed by atoms with Crippen molar-refractivity contribution < 1.29 is 4.74 Å². The highest BCUT2D eigenvalue weighted by Crippen LogP contribution is 2.39. The van der Waals surface area contributed by atoms with Crippen molar-refractivity contribution in [1.29, 1.82) is 0 Å². The smallest absolute Gasteiger partial charge is 0.0582 e. The molecule has 1 aliphatic carbocycles. The lowest BCUT2D eigenvalue weighted by molar-refractivity contribution is 0.0351. The predicted octanol–water partition coefficient (Wildman–Crippen LogP) is 4.53. The lowest BCUT2D eigenvalue weighted by Gasteiger charge is -2.34. The topological polar surface area (TPSA) is 9.23 Å². The molecule has 5 atom stereocenters. The van der Waals surface area contributed by atoms with E-state index in [2.05, 4.69) is 29.8 Å². The minimum absolute atomic E-state index is 0.504. The van der Waals surface area contributed by atoms with Crippen molar-refractivity contribution in [3.05, 3.63) is 0 Å². The summed E-state index contributed by atoms with van der Waals surface area (Å²) >= 11 is 3.88. The summed E-state index contributed by atoms with van der Waals surface area (Å²) in [7, 11) is 0. The van der Waals surface area contributed by atoms with Crippen molar-refractivity contribution in [3.63, 3.8) is 0 Å². The third kappa shape index (κ3) is 3.22. The first-order valence-corrected chi connectivity index (χ1v) is 7.90. The van der Waals surface area contributed by atoms with E-state index in [-0.39, 0.29) is 0 Å². The van der Waals surface area contributed by atoms with Crippen LogP contribution < -0.4 is 0 Å². The third-order valence-corrected chi connectivity index (χ3v) is 5.67. The Morgan fingerprint density at radius 1 is 1.19 bits per heavy atom. The Labute approximate surface area is 108 Å². The molecular formula is C14H25BrO. The standard InChI is InChI=1S/C14H25BrO/c1-3-11-5-7-14(15)12(8-11)9-13-6-4-10(2)16-13/h10-14H,3-9H2,1-2H3. The quantitative estimate of drug-likeness (QED) is 0.693. The number of hydrogen-bond acceptors (Lipinski definition) is 1. The Bertz CT molecular complexity index is 219. The van der Waals surface area contributed by atoms with Gasteiger partial charge in [0, 0.05) is 4.83 Å². The Hall–Kier alpha value is 0.440. The maximum absolute atomic E-state index is 5.96. The van der Waals surface area contributed by atoms with E-state index < -0.39 is 0 Å². The Morgan fingerprint density at radius 2 is 2.00 bits per heavy atom. The van der Waals surface area contributed by atoms with Crippen LogP contribution in [0.15, 0.2) is 0 Å². The van der Waals surface area contributed by atoms with Crippen molar-refractivity contribution in [1.82, 2.24) is 0 Å². The Morgan fingerprint density at radius 3 is 2.62 bits per heavy atom. The molecule has 2 rings (SSSR count). The molecular weight excluding hydrogens is 264 g/mol. The largest absolute Gasteiger partial charge is 0.375 e. The molecule has 0 aromatic rings. The zero-order valence-electron chi connectivity index (χ0n) is 10.6. The average molecular weight is 289 g/mol. The van der Waals surface area contributed by atoms with Crippen LogP contribution in [-0.2, 0) is 4.74 Å². The normalized spacial score (nSPS) is 44.8. The molecule has 5 unspecified atom stereocenters. The van der Waals surface area contributed by atoms with Gasteiger partial charge in [-0.1, -0.05) is 29.3 Å². The van der Waals surface area contributed by atoms with E-state index in [4.69, 9.17) is 4.74 Å². The second-order valence-corrected chi connectivity index (χ2v) is 6.92. The highest BCUT2D eigenvalue weighted by molar-refractivity contribution is 9.09. The van der Waals surface area contributed by atoms with Gasteiger partial charge in [0.2, 0.25) is 0 Å². The highest BCUT2D eigenvalue weighted by atomic mass is 79.9. The zero-order chi connectivity index (χ0) is 11.5. The van der Waals surface area contributed by atoms with E-state index in [1.165, 1.54) is 44.9 Å². The highest BCUT2D eigenvalue weighted by Gasteiger charge is 2.32. The maximum Gasteiger partial charge on any atom is 0.0582 e. The van der Waals surface area contributed by atoms with Gasteiger partial charge in [0.05, 0.1) is 12.2 Å². The van der Waals surface area contributed by atoms with Crippen LogP contribution in [0.5, 0.6) is 0 Å². The third-order valence-electron chi connectivity index (χ3n) is 4.46. The van der Waals surface area contributed by atoms with Gasteiger partial charge in [-0.3, -0.25) is 0 Å². The van der Waals surface area contributed by atoms with Crippen LogP contribution in [0.2, 0.25) is 0 Å². The second-order valence-electron chi connectivity index (χ2n) is 5.75. The molecule has 0 radical (unpaired) electrons. The van der Waals surface area contributed by atoms with E-state index in [1.807, 2.05) is 0 Å². The number of rotatable bonds is 3. The molecule has 0 amide bonds. The minimum atomic E-state index is 0.504. The molecule has 0 N–H and O–H groups in total. The Balaban J connectivity index is 1.82. The van der Waals surface area contributed by atoms with Crippen LogP contribution in [0.4, 0.5) is 0 Å². The fraction of sp³-hybridized carbons (Fsp3) is 1.00. The molecule has 0 bridgehead atoms. The van der Waals surface area contributed by atoms with Crippen LogP contribution in [0.25, 0.3) is 0 Å². The summed E-state index contributed by atoms with van der Waals surface area (Å²) in [6.07, 6.45) is 10.5.